The minimum atomic E-state index is -1.56. The van der Waals surface area contributed by atoms with Gasteiger partial charge in [-0.05, 0) is 75.0 Å². The van der Waals surface area contributed by atoms with E-state index in [-0.39, 0.29) is 68.8 Å². The van der Waals surface area contributed by atoms with Crippen LogP contribution < -0.4 is 71.2 Å². The van der Waals surface area contributed by atoms with Crippen LogP contribution in [0.15, 0.2) is 4.99 Å². The lowest BCUT2D eigenvalue weighted by Crippen LogP contribution is -2.62. The summed E-state index contributed by atoms with van der Waals surface area (Å²) in [4.78, 5) is 150. The summed E-state index contributed by atoms with van der Waals surface area (Å²) in [6, 6.07) is -11.6. The number of aliphatic carboxylic acids is 1. The predicted molar refractivity (Wildman–Crippen MR) is 281 cm³/mol. The number of carboxylic acid groups (broad SMARTS) is 1. The molecular formula is C49H90N14O12. The molecule has 0 rings (SSSR count). The van der Waals surface area contributed by atoms with Crippen molar-refractivity contribution in [3.8, 4) is 0 Å². The lowest BCUT2D eigenvalue weighted by molar-refractivity contribution is -0.143. The highest BCUT2D eigenvalue weighted by molar-refractivity contribution is 5.98. The molecule has 26 heteroatoms. The van der Waals surface area contributed by atoms with Crippen molar-refractivity contribution in [2.45, 2.75) is 201 Å². The molecule has 75 heavy (non-hydrogen) atoms. The van der Waals surface area contributed by atoms with Gasteiger partial charge >= 0.3 is 5.97 Å². The Labute approximate surface area is 441 Å². The number of aliphatic imine (C=N–C) groups is 1. The second-order valence-electron chi connectivity index (χ2n) is 20.3. The fourth-order valence-electron chi connectivity index (χ4n) is 7.51. The van der Waals surface area contributed by atoms with E-state index in [9.17, 15) is 57.8 Å². The lowest BCUT2D eigenvalue weighted by Gasteiger charge is -2.31. The molecule has 428 valence electrons. The molecule has 0 fully saturated rings. The molecule has 0 saturated heterocycles. The van der Waals surface area contributed by atoms with E-state index < -0.39 is 144 Å². The molecule has 10 amide bonds. The molecule has 0 unspecified atom stereocenters. The third-order valence-electron chi connectivity index (χ3n) is 12.7. The van der Waals surface area contributed by atoms with Crippen LogP contribution in [0.25, 0.3) is 0 Å². The van der Waals surface area contributed by atoms with Crippen LogP contribution in [0.2, 0.25) is 0 Å². The number of hydrogen-bond donors (Lipinski definition) is 14. The number of nitrogens with two attached hydrogens (primary N) is 5. The summed E-state index contributed by atoms with van der Waals surface area (Å²) in [6.45, 7) is 19.1. The highest BCUT2D eigenvalue weighted by Crippen LogP contribution is 2.16. The lowest BCUT2D eigenvalue weighted by atomic mass is 9.94. The molecule has 0 radical (unpaired) electrons. The van der Waals surface area contributed by atoms with Crippen LogP contribution in [0.5, 0.6) is 0 Å². The predicted octanol–water partition coefficient (Wildman–Crippen LogP) is -1.89. The first kappa shape index (κ1) is 68.4. The van der Waals surface area contributed by atoms with E-state index in [4.69, 9.17) is 28.7 Å². The minimum absolute atomic E-state index is 0.00199. The van der Waals surface area contributed by atoms with Crippen molar-refractivity contribution in [2.75, 3.05) is 6.54 Å². The molecule has 26 nitrogen and oxygen atoms in total. The summed E-state index contributed by atoms with van der Waals surface area (Å²) < 4.78 is 0. The van der Waals surface area contributed by atoms with Gasteiger partial charge in [0.05, 0.1) is 6.04 Å². The second kappa shape index (κ2) is 34.8. The maximum absolute atomic E-state index is 14.4. The highest BCUT2D eigenvalue weighted by Gasteiger charge is 2.38. The van der Waals surface area contributed by atoms with Gasteiger partial charge in [-0.15, -0.1) is 0 Å². The van der Waals surface area contributed by atoms with Crippen molar-refractivity contribution >= 4 is 71.0 Å². The number of carbonyl (C=O) groups is 11. The number of primary amides is 2. The molecule has 0 spiro atoms. The molecule has 0 heterocycles. The first-order valence-corrected chi connectivity index (χ1v) is 25.9. The monoisotopic (exact) mass is 1070 g/mol. The number of nitrogens with one attached hydrogen (secondary N) is 8. The molecule has 19 N–H and O–H groups in total. The van der Waals surface area contributed by atoms with Crippen LogP contribution in [-0.4, -0.2) is 137 Å². The Bertz CT molecular complexity index is 1960. The van der Waals surface area contributed by atoms with E-state index in [1.807, 2.05) is 6.92 Å². The molecule has 0 aromatic carbocycles. The first-order chi connectivity index (χ1) is 34.9. The molecule has 12 atom stereocenters. The maximum atomic E-state index is 14.4. The Hall–Kier alpha value is -6.60. The van der Waals surface area contributed by atoms with Gasteiger partial charge in [0.15, 0.2) is 5.96 Å². The van der Waals surface area contributed by atoms with Crippen molar-refractivity contribution in [1.29, 1.82) is 0 Å². The number of carbonyl (C=O) groups excluding carboxylic acids is 10. The fourth-order valence-corrected chi connectivity index (χ4v) is 7.51. The van der Waals surface area contributed by atoms with Crippen molar-refractivity contribution in [3.63, 3.8) is 0 Å². The number of carboxylic acids is 1. The molecule has 0 saturated carbocycles. The summed E-state index contributed by atoms with van der Waals surface area (Å²) in [5, 5.41) is 30.7. The zero-order valence-electron chi connectivity index (χ0n) is 45.8. The Balaban J connectivity index is 6.98. The Kier molecular flexibility index (Phi) is 31.7. The number of amides is 10. The van der Waals surface area contributed by atoms with Gasteiger partial charge in [-0.3, -0.25) is 52.9 Å². The highest BCUT2D eigenvalue weighted by atomic mass is 16.4. The molecule has 0 aliphatic rings. The van der Waals surface area contributed by atoms with Crippen LogP contribution >= 0.6 is 0 Å². The van der Waals surface area contributed by atoms with Gasteiger partial charge in [0.2, 0.25) is 59.1 Å². The van der Waals surface area contributed by atoms with E-state index in [0.29, 0.717) is 19.3 Å². The number of nitrogens with zero attached hydrogens (tertiary/aromatic N) is 1. The quantitative estimate of drug-likeness (QED) is 0.0184. The molecular weight excluding hydrogens is 977 g/mol. The van der Waals surface area contributed by atoms with E-state index >= 15 is 0 Å². The standard InChI is InChI=1S/C49H90N14O12/c1-12-26(8)37(62-43(69)30(16-15-21-55-49(53)54)58-45(71)38(27(9)13-2)63-47(73)39(28(10)14-3)61-40(66)29(11)50)46(72)59-33(22-24(4)5)44(70)57-31(17-19-35(51)64)41(67)56-32(18-20-36(52)65)42(68)60-34(48(74)75)23-25(6)7/h24-34,37-39H,12-23,50H2,1-11H3,(H2,51,64)(H2,52,65)(H,56,67)(H,57,70)(H,58,71)(H,59,72)(H,60,68)(H,61,66)(H,62,69)(H,63,73)(H,74,75)(H4,53,54,55)/t26-,27-,28-,29-,30-,31-,32-,33-,34-,37-,38-,39-/m0/s1. The van der Waals surface area contributed by atoms with Crippen LogP contribution in [-0.2, 0) is 52.7 Å². The topological polar surface area (TPSA) is 447 Å². The van der Waals surface area contributed by atoms with Crippen molar-refractivity contribution in [3.05, 3.63) is 0 Å². The van der Waals surface area contributed by atoms with Crippen LogP contribution in [0.3, 0.4) is 0 Å². The third kappa shape index (κ3) is 26.4. The fraction of sp³-hybridized carbons (Fsp3) is 0.755. The van der Waals surface area contributed by atoms with E-state index in [1.165, 1.54) is 6.92 Å². The Morgan fingerprint density at radius 1 is 0.427 bits per heavy atom. The van der Waals surface area contributed by atoms with E-state index in [0.717, 1.165) is 0 Å². The zero-order chi connectivity index (χ0) is 57.9. The van der Waals surface area contributed by atoms with E-state index in [2.05, 4.69) is 47.5 Å². The summed E-state index contributed by atoms with van der Waals surface area (Å²) >= 11 is 0. The van der Waals surface area contributed by atoms with Crippen LogP contribution in [0.1, 0.15) is 147 Å². The first-order valence-electron chi connectivity index (χ1n) is 25.9. The largest absolute Gasteiger partial charge is 0.480 e. The summed E-state index contributed by atoms with van der Waals surface area (Å²) in [5.41, 5.74) is 27.6. The van der Waals surface area contributed by atoms with Gasteiger partial charge in [0.25, 0.3) is 0 Å². The van der Waals surface area contributed by atoms with Crippen molar-refractivity contribution in [2.24, 2.45) is 63.3 Å². The average Bonchev–Trinajstić information content (AvgIpc) is 3.32. The van der Waals surface area contributed by atoms with Gasteiger partial charge in [-0.2, -0.15) is 0 Å². The smallest absolute Gasteiger partial charge is 0.326 e. The summed E-state index contributed by atoms with van der Waals surface area (Å²) in [5.74, 6) is -11.4. The zero-order valence-corrected chi connectivity index (χ0v) is 45.8. The van der Waals surface area contributed by atoms with E-state index in [1.54, 1.807) is 62.3 Å². The van der Waals surface area contributed by atoms with Crippen LogP contribution in [0.4, 0.5) is 0 Å². The van der Waals surface area contributed by atoms with Gasteiger partial charge in [-0.25, -0.2) is 4.79 Å². The number of guanidine groups is 1. The van der Waals surface area contributed by atoms with Gasteiger partial charge < -0.3 is 76.3 Å². The number of rotatable bonds is 37. The van der Waals surface area contributed by atoms with Gasteiger partial charge in [0.1, 0.15) is 48.3 Å². The average molecular weight is 1070 g/mol. The SMILES string of the molecule is CC[C@H](C)[C@H](NC(=O)[C@H](C)N)C(=O)N[C@H](C(=O)N[C@@H](CCCN=C(N)N)C(=O)N[C@H](C(=O)N[C@@H](CC(C)C)C(=O)N[C@@H](CCC(N)=O)C(=O)N[C@@H](CCC(N)=O)C(=O)N[C@@H](CC(C)C)C(=O)O)[C@@H](C)CC)[C@@H](C)CC. The Morgan fingerprint density at radius 3 is 1.09 bits per heavy atom. The van der Waals surface area contributed by atoms with Crippen molar-refractivity contribution in [1.82, 2.24) is 42.5 Å². The molecule has 0 aliphatic carbocycles. The van der Waals surface area contributed by atoms with Crippen molar-refractivity contribution < 1.29 is 57.8 Å². The molecule has 0 aromatic heterocycles. The molecule has 0 bridgehead atoms. The third-order valence-corrected chi connectivity index (χ3v) is 12.7. The summed E-state index contributed by atoms with van der Waals surface area (Å²) in [6.07, 6.45) is -0.124. The summed E-state index contributed by atoms with van der Waals surface area (Å²) in [7, 11) is 0. The van der Waals surface area contributed by atoms with Gasteiger partial charge in [-0.1, -0.05) is 88.5 Å². The van der Waals surface area contributed by atoms with Gasteiger partial charge in [0, 0.05) is 19.4 Å². The number of hydrogen-bond acceptors (Lipinski definition) is 13. The minimum Gasteiger partial charge on any atom is -0.480 e. The second-order valence-corrected chi connectivity index (χ2v) is 20.3. The maximum Gasteiger partial charge on any atom is 0.326 e. The molecule has 0 aliphatic heterocycles. The normalized spacial score (nSPS) is 16.0. The van der Waals surface area contributed by atoms with Crippen LogP contribution in [0, 0.1) is 29.6 Å². The molecule has 0 aromatic rings. The Morgan fingerprint density at radius 2 is 0.733 bits per heavy atom.